The van der Waals surface area contributed by atoms with Crippen molar-refractivity contribution < 1.29 is 4.74 Å². The smallest absolute Gasteiger partial charge is 0.119 e. The van der Waals surface area contributed by atoms with Crippen LogP contribution in [0.4, 0.5) is 0 Å². The van der Waals surface area contributed by atoms with E-state index in [-0.39, 0.29) is 0 Å². The third-order valence-electron chi connectivity index (χ3n) is 3.25. The largest absolute Gasteiger partial charge is 0.492 e. The lowest BCUT2D eigenvalue weighted by Crippen LogP contribution is -2.36. The summed E-state index contributed by atoms with van der Waals surface area (Å²) < 4.78 is 5.86. The van der Waals surface area contributed by atoms with Crippen molar-refractivity contribution in [1.29, 1.82) is 0 Å². The zero-order valence-electron chi connectivity index (χ0n) is 12.3. The lowest BCUT2D eigenvalue weighted by molar-refractivity contribution is 0.265. The monoisotopic (exact) mass is 269 g/mol. The fourth-order valence-electron chi connectivity index (χ4n) is 2.32. The SMILES string of the molecule is CCNC(COc1ccccc1)Cc1cccc(C)c1. The number of hydrogen-bond donors (Lipinski definition) is 1. The van der Waals surface area contributed by atoms with Gasteiger partial charge in [-0.3, -0.25) is 0 Å². The Bertz CT molecular complexity index is 510. The van der Waals surface area contributed by atoms with Crippen molar-refractivity contribution in [3.8, 4) is 5.75 Å². The third kappa shape index (κ3) is 4.71. The summed E-state index contributed by atoms with van der Waals surface area (Å²) in [4.78, 5) is 0. The van der Waals surface area contributed by atoms with Gasteiger partial charge >= 0.3 is 0 Å². The second kappa shape index (κ2) is 7.71. The fraction of sp³-hybridized carbons (Fsp3) is 0.333. The Balaban J connectivity index is 1.93. The lowest BCUT2D eigenvalue weighted by Gasteiger charge is -2.19. The van der Waals surface area contributed by atoms with E-state index in [0.29, 0.717) is 12.6 Å². The first-order chi connectivity index (χ1) is 9.78. The van der Waals surface area contributed by atoms with E-state index in [1.54, 1.807) is 0 Å². The van der Waals surface area contributed by atoms with Crippen molar-refractivity contribution in [2.75, 3.05) is 13.2 Å². The van der Waals surface area contributed by atoms with Crippen molar-refractivity contribution in [3.63, 3.8) is 0 Å². The fourth-order valence-corrected chi connectivity index (χ4v) is 2.32. The molecule has 0 amide bonds. The molecule has 1 N–H and O–H groups in total. The van der Waals surface area contributed by atoms with Crippen molar-refractivity contribution >= 4 is 0 Å². The molecule has 0 fully saturated rings. The predicted octanol–water partition coefficient (Wildman–Crippen LogP) is 3.59. The molecule has 0 aliphatic carbocycles. The van der Waals surface area contributed by atoms with E-state index in [4.69, 9.17) is 4.74 Å². The number of likely N-dealkylation sites (N-methyl/N-ethyl adjacent to an activating group) is 1. The number of rotatable bonds is 7. The van der Waals surface area contributed by atoms with E-state index in [1.807, 2.05) is 30.3 Å². The molecule has 0 radical (unpaired) electrons. The van der Waals surface area contributed by atoms with Gasteiger partial charge in [-0.1, -0.05) is 55.0 Å². The van der Waals surface area contributed by atoms with E-state index in [2.05, 4.69) is 43.4 Å². The zero-order chi connectivity index (χ0) is 14.2. The van der Waals surface area contributed by atoms with E-state index in [0.717, 1.165) is 18.7 Å². The van der Waals surface area contributed by atoms with Gasteiger partial charge in [0.05, 0.1) is 0 Å². The van der Waals surface area contributed by atoms with Crippen LogP contribution in [0.5, 0.6) is 5.75 Å². The van der Waals surface area contributed by atoms with Crippen molar-refractivity contribution in [2.24, 2.45) is 0 Å². The number of ether oxygens (including phenoxy) is 1. The van der Waals surface area contributed by atoms with Crippen LogP contribution in [-0.2, 0) is 6.42 Å². The van der Waals surface area contributed by atoms with Gasteiger partial charge in [0, 0.05) is 6.04 Å². The summed E-state index contributed by atoms with van der Waals surface area (Å²) >= 11 is 0. The van der Waals surface area contributed by atoms with Gasteiger partial charge in [-0.15, -0.1) is 0 Å². The molecule has 0 saturated carbocycles. The molecule has 2 aromatic rings. The van der Waals surface area contributed by atoms with Gasteiger partial charge in [0.1, 0.15) is 12.4 Å². The highest BCUT2D eigenvalue weighted by atomic mass is 16.5. The summed E-state index contributed by atoms with van der Waals surface area (Å²) in [5, 5.41) is 3.50. The summed E-state index contributed by atoms with van der Waals surface area (Å²) in [6.45, 7) is 5.90. The molecule has 0 heterocycles. The quantitative estimate of drug-likeness (QED) is 0.829. The first kappa shape index (κ1) is 14.6. The van der Waals surface area contributed by atoms with Crippen LogP contribution in [0.1, 0.15) is 18.1 Å². The first-order valence-corrected chi connectivity index (χ1v) is 7.24. The molecule has 1 unspecified atom stereocenters. The lowest BCUT2D eigenvalue weighted by atomic mass is 10.0. The number of nitrogens with one attached hydrogen (secondary N) is 1. The molecule has 0 saturated heterocycles. The average Bonchev–Trinajstić information content (AvgIpc) is 2.46. The minimum atomic E-state index is 0.335. The molecule has 1 atom stereocenters. The molecule has 2 nitrogen and oxygen atoms in total. The Hall–Kier alpha value is -1.80. The molecule has 0 aliphatic heterocycles. The molecule has 0 spiro atoms. The van der Waals surface area contributed by atoms with Gasteiger partial charge in [0.15, 0.2) is 0 Å². The second-order valence-corrected chi connectivity index (χ2v) is 5.07. The average molecular weight is 269 g/mol. The van der Waals surface area contributed by atoms with Gasteiger partial charge in [0.25, 0.3) is 0 Å². The Morgan fingerprint density at radius 2 is 1.85 bits per heavy atom. The Morgan fingerprint density at radius 3 is 2.55 bits per heavy atom. The van der Waals surface area contributed by atoms with Crippen LogP contribution >= 0.6 is 0 Å². The molecule has 106 valence electrons. The van der Waals surface area contributed by atoms with Crippen LogP contribution in [0.15, 0.2) is 54.6 Å². The summed E-state index contributed by atoms with van der Waals surface area (Å²) in [6.07, 6.45) is 0.988. The van der Waals surface area contributed by atoms with E-state index >= 15 is 0 Å². The van der Waals surface area contributed by atoms with Gasteiger partial charge < -0.3 is 10.1 Å². The molecule has 0 aromatic heterocycles. The predicted molar refractivity (Wildman–Crippen MR) is 84.3 cm³/mol. The number of hydrogen-bond acceptors (Lipinski definition) is 2. The molecule has 2 aromatic carbocycles. The van der Waals surface area contributed by atoms with Gasteiger partial charge in [-0.25, -0.2) is 0 Å². The van der Waals surface area contributed by atoms with Crippen molar-refractivity contribution in [1.82, 2.24) is 5.32 Å². The van der Waals surface area contributed by atoms with Crippen LogP contribution < -0.4 is 10.1 Å². The third-order valence-corrected chi connectivity index (χ3v) is 3.25. The normalized spacial score (nSPS) is 12.1. The first-order valence-electron chi connectivity index (χ1n) is 7.24. The van der Waals surface area contributed by atoms with Gasteiger partial charge in [-0.2, -0.15) is 0 Å². The van der Waals surface area contributed by atoms with Crippen LogP contribution in [0.3, 0.4) is 0 Å². The van der Waals surface area contributed by atoms with E-state index < -0.39 is 0 Å². The Labute approximate surface area is 121 Å². The maximum atomic E-state index is 5.86. The van der Waals surface area contributed by atoms with Crippen LogP contribution in [0.2, 0.25) is 0 Å². The highest BCUT2D eigenvalue weighted by Gasteiger charge is 2.09. The summed E-state index contributed by atoms with van der Waals surface area (Å²) in [6, 6.07) is 19.0. The highest BCUT2D eigenvalue weighted by molar-refractivity contribution is 5.23. The highest BCUT2D eigenvalue weighted by Crippen LogP contribution is 2.11. The van der Waals surface area contributed by atoms with Crippen LogP contribution in [0, 0.1) is 6.92 Å². The maximum absolute atomic E-state index is 5.86. The van der Waals surface area contributed by atoms with Crippen LogP contribution in [0.25, 0.3) is 0 Å². The minimum absolute atomic E-state index is 0.335. The van der Waals surface area contributed by atoms with Crippen molar-refractivity contribution in [2.45, 2.75) is 26.3 Å². The maximum Gasteiger partial charge on any atom is 0.119 e. The summed E-state index contributed by atoms with van der Waals surface area (Å²) in [7, 11) is 0. The minimum Gasteiger partial charge on any atom is -0.492 e. The van der Waals surface area contributed by atoms with E-state index in [1.165, 1.54) is 11.1 Å². The zero-order valence-corrected chi connectivity index (χ0v) is 12.3. The molecule has 20 heavy (non-hydrogen) atoms. The molecule has 0 aliphatic rings. The Kier molecular flexibility index (Phi) is 5.63. The Morgan fingerprint density at radius 1 is 1.05 bits per heavy atom. The van der Waals surface area contributed by atoms with Gasteiger partial charge in [-0.05, 0) is 37.6 Å². The second-order valence-electron chi connectivity index (χ2n) is 5.07. The number of aryl methyl sites for hydroxylation is 1. The molecular weight excluding hydrogens is 246 g/mol. The number of para-hydroxylation sites is 1. The van der Waals surface area contributed by atoms with Gasteiger partial charge in [0.2, 0.25) is 0 Å². The molecule has 0 bridgehead atoms. The molecule has 2 heteroatoms. The van der Waals surface area contributed by atoms with E-state index in [9.17, 15) is 0 Å². The topological polar surface area (TPSA) is 21.3 Å². The molecule has 2 rings (SSSR count). The summed E-state index contributed by atoms with van der Waals surface area (Å²) in [5.41, 5.74) is 2.66. The van der Waals surface area contributed by atoms with Crippen molar-refractivity contribution in [3.05, 3.63) is 65.7 Å². The number of benzene rings is 2. The standard InChI is InChI=1S/C18H23NO/c1-3-19-17(13-16-9-7-8-15(2)12-16)14-20-18-10-5-4-6-11-18/h4-12,17,19H,3,13-14H2,1-2H3. The molecular formula is C18H23NO. The van der Waals surface area contributed by atoms with Crippen LogP contribution in [-0.4, -0.2) is 19.2 Å². The summed E-state index contributed by atoms with van der Waals surface area (Å²) in [5.74, 6) is 0.930.